The molecule has 104 valence electrons. The van der Waals surface area contributed by atoms with Gasteiger partial charge in [-0.1, -0.05) is 28.1 Å². The quantitative estimate of drug-likeness (QED) is 0.841. The minimum atomic E-state index is -0.973. The molecule has 2 rings (SSSR count). The summed E-state index contributed by atoms with van der Waals surface area (Å²) < 4.78 is 1.04. The van der Waals surface area contributed by atoms with Gasteiger partial charge in [-0.3, -0.25) is 0 Å². The largest absolute Gasteiger partial charge is 0.478 e. The van der Waals surface area contributed by atoms with Crippen molar-refractivity contribution in [2.75, 3.05) is 17.7 Å². The number of rotatable bonds is 4. The predicted molar refractivity (Wildman–Crippen MR) is 84.1 cm³/mol. The van der Waals surface area contributed by atoms with Gasteiger partial charge in [0.25, 0.3) is 0 Å². The van der Waals surface area contributed by atoms with Crippen molar-refractivity contribution < 1.29 is 9.90 Å². The molecule has 0 spiro atoms. The number of aromatic carboxylic acids is 1. The van der Waals surface area contributed by atoms with Crippen molar-refractivity contribution >= 4 is 33.3 Å². The number of carbonyl (C=O) groups is 1. The second-order valence-corrected chi connectivity index (χ2v) is 5.48. The van der Waals surface area contributed by atoms with Crippen molar-refractivity contribution in [3.63, 3.8) is 0 Å². The lowest BCUT2D eigenvalue weighted by molar-refractivity contribution is 0.0697. The van der Waals surface area contributed by atoms with Gasteiger partial charge in [-0.05, 0) is 35.9 Å². The average Bonchev–Trinajstić information content (AvgIpc) is 2.41. The van der Waals surface area contributed by atoms with E-state index in [2.05, 4.69) is 15.9 Å². The van der Waals surface area contributed by atoms with Crippen LogP contribution < -0.4 is 10.6 Å². The Morgan fingerprint density at radius 3 is 2.45 bits per heavy atom. The maximum Gasteiger partial charge on any atom is 0.335 e. The van der Waals surface area contributed by atoms with Crippen molar-refractivity contribution in [2.24, 2.45) is 0 Å². The first-order valence-corrected chi connectivity index (χ1v) is 6.85. The van der Waals surface area contributed by atoms with Crippen LogP contribution in [0.25, 0.3) is 0 Å². The smallest absolute Gasteiger partial charge is 0.335 e. The van der Waals surface area contributed by atoms with E-state index in [1.807, 2.05) is 36.2 Å². The van der Waals surface area contributed by atoms with Crippen LogP contribution in [0.5, 0.6) is 0 Å². The second kappa shape index (κ2) is 5.96. The fraction of sp³-hybridized carbons (Fsp3) is 0.133. The molecule has 3 N–H and O–H groups in total. The lowest BCUT2D eigenvalue weighted by Gasteiger charge is -2.21. The summed E-state index contributed by atoms with van der Waals surface area (Å²) in [7, 11) is 1.92. The standard InChI is InChI=1S/C15H15BrN2O2/c1-18(9-10-2-5-12(16)6-3-10)14-7-4-11(15(19)20)8-13(14)17/h2-8H,9,17H2,1H3,(H,19,20). The van der Waals surface area contributed by atoms with Gasteiger partial charge >= 0.3 is 5.97 Å². The Kier molecular flexibility index (Phi) is 4.29. The molecule has 0 aliphatic heterocycles. The first-order chi connectivity index (χ1) is 9.47. The molecule has 20 heavy (non-hydrogen) atoms. The average molecular weight is 335 g/mol. The molecular weight excluding hydrogens is 320 g/mol. The van der Waals surface area contributed by atoms with Gasteiger partial charge in [0, 0.05) is 18.1 Å². The van der Waals surface area contributed by atoms with Crippen LogP contribution >= 0.6 is 15.9 Å². The molecule has 5 heteroatoms. The van der Waals surface area contributed by atoms with Gasteiger partial charge in [0.05, 0.1) is 16.9 Å². The fourth-order valence-corrected chi connectivity index (χ4v) is 2.25. The van der Waals surface area contributed by atoms with E-state index >= 15 is 0 Å². The highest BCUT2D eigenvalue weighted by Gasteiger charge is 2.10. The molecule has 0 saturated heterocycles. The zero-order chi connectivity index (χ0) is 14.7. The zero-order valence-corrected chi connectivity index (χ0v) is 12.6. The van der Waals surface area contributed by atoms with Crippen molar-refractivity contribution in [3.8, 4) is 0 Å². The van der Waals surface area contributed by atoms with Crippen LogP contribution in [0.4, 0.5) is 11.4 Å². The van der Waals surface area contributed by atoms with E-state index in [-0.39, 0.29) is 5.56 Å². The third kappa shape index (κ3) is 3.30. The van der Waals surface area contributed by atoms with Gasteiger partial charge in [-0.15, -0.1) is 0 Å². The number of benzene rings is 2. The number of carboxylic acids is 1. The molecule has 0 aliphatic carbocycles. The SMILES string of the molecule is CN(Cc1ccc(Br)cc1)c1ccc(C(=O)O)cc1N. The number of nitrogens with zero attached hydrogens (tertiary/aromatic N) is 1. The van der Waals surface area contributed by atoms with E-state index in [0.717, 1.165) is 15.7 Å². The lowest BCUT2D eigenvalue weighted by atomic mass is 10.1. The number of carboxylic acid groups (broad SMARTS) is 1. The Bertz CT molecular complexity index is 626. The third-order valence-electron chi connectivity index (χ3n) is 3.02. The molecule has 0 fully saturated rings. The molecule has 0 aromatic heterocycles. The van der Waals surface area contributed by atoms with E-state index < -0.39 is 5.97 Å². The Balaban J connectivity index is 2.18. The normalized spacial score (nSPS) is 10.3. The predicted octanol–water partition coefficient (Wildman–Crippen LogP) is 3.37. The maximum atomic E-state index is 10.9. The number of hydrogen-bond donors (Lipinski definition) is 2. The number of halogens is 1. The summed E-state index contributed by atoms with van der Waals surface area (Å²) in [5, 5.41) is 8.93. The molecule has 4 nitrogen and oxygen atoms in total. The van der Waals surface area contributed by atoms with Crippen LogP contribution in [0.15, 0.2) is 46.9 Å². The van der Waals surface area contributed by atoms with Gasteiger partial charge in [-0.25, -0.2) is 4.79 Å². The Labute approximate surface area is 126 Å². The molecule has 0 amide bonds. The summed E-state index contributed by atoms with van der Waals surface area (Å²) in [5.74, 6) is -0.973. The first kappa shape index (κ1) is 14.4. The van der Waals surface area contributed by atoms with Crippen LogP contribution in [-0.2, 0) is 6.54 Å². The monoisotopic (exact) mass is 334 g/mol. The van der Waals surface area contributed by atoms with Crippen molar-refractivity contribution in [1.82, 2.24) is 0 Å². The molecule has 0 radical (unpaired) electrons. The number of anilines is 2. The van der Waals surface area contributed by atoms with Gasteiger partial charge in [0.2, 0.25) is 0 Å². The molecule has 0 aliphatic rings. The lowest BCUT2D eigenvalue weighted by Crippen LogP contribution is -2.18. The van der Waals surface area contributed by atoms with E-state index in [0.29, 0.717) is 12.2 Å². The van der Waals surface area contributed by atoms with Crippen LogP contribution in [0.2, 0.25) is 0 Å². The Morgan fingerprint density at radius 2 is 1.90 bits per heavy atom. The summed E-state index contributed by atoms with van der Waals surface area (Å²) in [6.07, 6.45) is 0. The van der Waals surface area contributed by atoms with Crippen molar-refractivity contribution in [3.05, 3.63) is 58.1 Å². The van der Waals surface area contributed by atoms with Crippen LogP contribution in [-0.4, -0.2) is 18.1 Å². The van der Waals surface area contributed by atoms with E-state index in [9.17, 15) is 4.79 Å². The van der Waals surface area contributed by atoms with E-state index in [4.69, 9.17) is 10.8 Å². The number of nitrogens with two attached hydrogens (primary N) is 1. The zero-order valence-electron chi connectivity index (χ0n) is 11.0. The van der Waals surface area contributed by atoms with Crippen molar-refractivity contribution in [1.29, 1.82) is 0 Å². The summed E-state index contributed by atoms with van der Waals surface area (Å²) >= 11 is 3.40. The van der Waals surface area contributed by atoms with Crippen LogP contribution in [0, 0.1) is 0 Å². The molecule has 2 aromatic rings. The Morgan fingerprint density at radius 1 is 1.25 bits per heavy atom. The molecular formula is C15H15BrN2O2. The molecule has 0 bridgehead atoms. The minimum absolute atomic E-state index is 0.197. The van der Waals surface area contributed by atoms with E-state index in [1.54, 1.807) is 12.1 Å². The van der Waals surface area contributed by atoms with Crippen molar-refractivity contribution in [2.45, 2.75) is 6.54 Å². The van der Waals surface area contributed by atoms with Crippen LogP contribution in [0.3, 0.4) is 0 Å². The molecule has 0 saturated carbocycles. The third-order valence-corrected chi connectivity index (χ3v) is 3.55. The number of nitrogen functional groups attached to an aromatic ring is 1. The highest BCUT2D eigenvalue weighted by molar-refractivity contribution is 9.10. The Hall–Kier alpha value is -2.01. The highest BCUT2D eigenvalue weighted by Crippen LogP contribution is 2.25. The molecule has 0 unspecified atom stereocenters. The summed E-state index contributed by atoms with van der Waals surface area (Å²) in [6.45, 7) is 0.698. The molecule has 0 heterocycles. The minimum Gasteiger partial charge on any atom is -0.478 e. The summed E-state index contributed by atoms with van der Waals surface area (Å²) in [6, 6.07) is 12.8. The summed E-state index contributed by atoms with van der Waals surface area (Å²) in [5.41, 5.74) is 8.55. The van der Waals surface area contributed by atoms with Gasteiger partial charge < -0.3 is 15.7 Å². The van der Waals surface area contributed by atoms with Crippen LogP contribution in [0.1, 0.15) is 15.9 Å². The molecule has 0 atom stereocenters. The number of hydrogen-bond acceptors (Lipinski definition) is 3. The topological polar surface area (TPSA) is 66.6 Å². The van der Waals surface area contributed by atoms with E-state index in [1.165, 1.54) is 6.07 Å². The fourth-order valence-electron chi connectivity index (χ4n) is 1.98. The first-order valence-electron chi connectivity index (χ1n) is 6.06. The van der Waals surface area contributed by atoms with Gasteiger partial charge in [0.1, 0.15) is 0 Å². The highest BCUT2D eigenvalue weighted by atomic mass is 79.9. The van der Waals surface area contributed by atoms with Gasteiger partial charge in [0.15, 0.2) is 0 Å². The molecule has 2 aromatic carbocycles. The maximum absolute atomic E-state index is 10.9. The van der Waals surface area contributed by atoms with Gasteiger partial charge in [-0.2, -0.15) is 0 Å². The summed E-state index contributed by atoms with van der Waals surface area (Å²) in [4.78, 5) is 12.9. The second-order valence-electron chi connectivity index (χ2n) is 4.56.